The van der Waals surface area contributed by atoms with Crippen molar-refractivity contribution in [3.63, 3.8) is 0 Å². The van der Waals surface area contributed by atoms with Crippen LogP contribution in [-0.4, -0.2) is 18.4 Å². The van der Waals surface area contributed by atoms with Crippen molar-refractivity contribution in [2.45, 2.75) is 13.1 Å². The average Bonchev–Trinajstić information content (AvgIpc) is 2.46. The number of hydrogen-bond donors (Lipinski definition) is 0. The molecule has 0 atom stereocenters. The number of ether oxygens (including phenoxy) is 1. The first kappa shape index (κ1) is 21.4. The van der Waals surface area contributed by atoms with Gasteiger partial charge in [0, 0.05) is 5.56 Å². The van der Waals surface area contributed by atoms with Gasteiger partial charge in [-0.3, -0.25) is 4.79 Å². The number of ketones is 1. The maximum Gasteiger partial charge on any atom is 1.00 e. The number of hydrogen-bond acceptors (Lipinski definition) is 4. The van der Waals surface area contributed by atoms with Crippen molar-refractivity contribution >= 4 is 11.8 Å². The Balaban J connectivity index is 0.00000484. The number of carbonyl (C=O) groups is 2. The summed E-state index contributed by atoms with van der Waals surface area (Å²) in [4.78, 5) is 22.7. The molecule has 0 aliphatic carbocycles. The Hall–Kier alpha value is -1.57. The predicted molar refractivity (Wildman–Crippen MR) is 69.6 cm³/mol. The first-order valence-corrected chi connectivity index (χ1v) is 6.19. The van der Waals surface area contributed by atoms with E-state index < -0.39 is 29.3 Å². The van der Waals surface area contributed by atoms with E-state index in [-0.39, 0.29) is 41.7 Å². The van der Waals surface area contributed by atoms with E-state index in [1.165, 1.54) is 6.92 Å². The van der Waals surface area contributed by atoms with Gasteiger partial charge in [-0.25, -0.2) is 4.79 Å². The summed E-state index contributed by atoms with van der Waals surface area (Å²) in [6.45, 7) is 1.59. The van der Waals surface area contributed by atoms with Gasteiger partial charge in [0.25, 0.3) is 0 Å². The van der Waals surface area contributed by atoms with Gasteiger partial charge in [0.2, 0.25) is 0 Å². The molecule has 0 aliphatic rings. The van der Waals surface area contributed by atoms with Crippen LogP contribution in [0.2, 0.25) is 0 Å². The van der Waals surface area contributed by atoms with Crippen molar-refractivity contribution in [1.82, 2.24) is 0 Å². The normalized spacial score (nSPS) is 11.9. The third-order valence-corrected chi connectivity index (χ3v) is 2.47. The summed E-state index contributed by atoms with van der Waals surface area (Å²) in [6.07, 6.45) is -1.61. The number of carbonyl (C=O) groups excluding carboxylic acids is 2. The molecule has 1 aromatic rings. The topological polar surface area (TPSA) is 66.4 Å². The molecule has 0 saturated carbocycles. The molecule has 8 heteroatoms. The van der Waals surface area contributed by atoms with Crippen LogP contribution >= 0.6 is 0 Å². The fourth-order valence-corrected chi connectivity index (χ4v) is 1.41. The van der Waals surface area contributed by atoms with E-state index in [1.54, 1.807) is 0 Å². The average molecular weight is 336 g/mol. The van der Waals surface area contributed by atoms with Crippen molar-refractivity contribution in [1.29, 1.82) is 0 Å². The molecule has 118 valence electrons. The molecule has 0 radical (unpaired) electrons. The van der Waals surface area contributed by atoms with Gasteiger partial charge < -0.3 is 9.84 Å². The Morgan fingerprint density at radius 2 is 1.78 bits per heavy atom. The van der Waals surface area contributed by atoms with Crippen LogP contribution in [0.15, 0.2) is 48.3 Å². The molecule has 0 fully saturated rings. The van der Waals surface area contributed by atoms with E-state index >= 15 is 0 Å². The number of allylic oxidation sites excluding steroid dienone is 3. The molecule has 1 rings (SSSR count). The Bertz CT molecular complexity index is 604. The fourth-order valence-electron chi connectivity index (χ4n) is 1.41. The van der Waals surface area contributed by atoms with Crippen molar-refractivity contribution in [3.05, 3.63) is 59.4 Å². The van der Waals surface area contributed by atoms with E-state index in [4.69, 9.17) is 0 Å². The second kappa shape index (κ2) is 9.54. The van der Waals surface area contributed by atoms with Crippen LogP contribution in [-0.2, 0) is 15.7 Å². The summed E-state index contributed by atoms with van der Waals surface area (Å²) in [6, 6.07) is 3.63. The van der Waals surface area contributed by atoms with Gasteiger partial charge in [-0.05, 0) is 30.9 Å². The van der Waals surface area contributed by atoms with Crippen LogP contribution in [0.3, 0.4) is 0 Å². The summed E-state index contributed by atoms with van der Waals surface area (Å²) in [7, 11) is 0. The second-order valence-corrected chi connectivity index (χ2v) is 4.05. The maximum absolute atomic E-state index is 12.4. The number of benzene rings is 1. The van der Waals surface area contributed by atoms with Gasteiger partial charge in [0.15, 0.2) is 5.78 Å². The van der Waals surface area contributed by atoms with E-state index in [0.29, 0.717) is 0 Å². The molecule has 0 aromatic heterocycles. The van der Waals surface area contributed by atoms with Crippen molar-refractivity contribution in [2.75, 3.05) is 6.61 Å². The molecule has 0 aliphatic heterocycles. The smallest absolute Gasteiger partial charge is 0.868 e. The van der Waals surface area contributed by atoms with Gasteiger partial charge in [0.05, 0.1) is 12.2 Å². The minimum Gasteiger partial charge on any atom is -0.868 e. The van der Waals surface area contributed by atoms with Gasteiger partial charge in [-0.1, -0.05) is 24.3 Å². The molecular formula is C15H12F3NaO4. The van der Waals surface area contributed by atoms with Crippen LogP contribution in [0, 0.1) is 0 Å². The molecule has 0 saturated heterocycles. The molecule has 4 nitrogen and oxygen atoms in total. The zero-order valence-corrected chi connectivity index (χ0v) is 14.5. The molecular weight excluding hydrogens is 324 g/mol. The molecule has 0 N–H and O–H groups in total. The number of alkyl halides is 3. The van der Waals surface area contributed by atoms with Crippen molar-refractivity contribution in [3.8, 4) is 0 Å². The zero-order valence-electron chi connectivity index (χ0n) is 12.5. The van der Waals surface area contributed by atoms with E-state index in [0.717, 1.165) is 42.5 Å². The van der Waals surface area contributed by atoms with Gasteiger partial charge in [-0.2, -0.15) is 13.2 Å². The quantitative estimate of drug-likeness (QED) is 0.177. The van der Waals surface area contributed by atoms with Gasteiger partial charge >= 0.3 is 41.7 Å². The standard InChI is InChI=1S/C15H13F3O4.Na/c1-2-22-14(21)13(20)5-3-4-12(19)10-6-8-11(9-7-10)15(16,17)18;/h3-9,20H,2H2,1H3;/q;+1/p-1/b4-3+,13-5-;. The Kier molecular flexibility index (Phi) is 8.89. The molecule has 0 heterocycles. The Morgan fingerprint density at radius 1 is 1.22 bits per heavy atom. The summed E-state index contributed by atoms with van der Waals surface area (Å²) in [5.41, 5.74) is -0.835. The van der Waals surface area contributed by atoms with E-state index in [9.17, 15) is 27.9 Å². The first-order chi connectivity index (χ1) is 10.3. The molecule has 23 heavy (non-hydrogen) atoms. The molecule has 0 unspecified atom stereocenters. The minimum absolute atomic E-state index is 0. The summed E-state index contributed by atoms with van der Waals surface area (Å²) >= 11 is 0. The van der Waals surface area contributed by atoms with Crippen LogP contribution in [0.4, 0.5) is 13.2 Å². The third-order valence-electron chi connectivity index (χ3n) is 2.47. The SMILES string of the molecule is CCOC(=O)/C([O-])=C/C=C/C(=O)c1ccc(C(F)(F)F)cc1.[Na+]. The van der Waals surface area contributed by atoms with Crippen molar-refractivity contribution < 1.29 is 62.2 Å². The third kappa shape index (κ3) is 7.02. The van der Waals surface area contributed by atoms with Gasteiger partial charge in [-0.15, -0.1) is 0 Å². The maximum atomic E-state index is 12.4. The minimum atomic E-state index is -4.47. The summed E-state index contributed by atoms with van der Waals surface area (Å²) in [5, 5.41) is 11.2. The molecule has 0 bridgehead atoms. The van der Waals surface area contributed by atoms with E-state index in [1.807, 2.05) is 0 Å². The van der Waals surface area contributed by atoms with Crippen molar-refractivity contribution in [2.24, 2.45) is 0 Å². The zero-order chi connectivity index (χ0) is 16.8. The predicted octanol–water partition coefficient (Wildman–Crippen LogP) is -0.744. The number of rotatable bonds is 5. The largest absolute Gasteiger partial charge is 1.00 e. The Labute approximate surface area is 152 Å². The fraction of sp³-hybridized carbons (Fsp3) is 0.200. The second-order valence-electron chi connectivity index (χ2n) is 4.05. The molecule has 0 amide bonds. The number of halogens is 3. The van der Waals surface area contributed by atoms with Crippen LogP contribution in [0.1, 0.15) is 22.8 Å². The number of esters is 1. The van der Waals surface area contributed by atoms with Crippen LogP contribution in [0.25, 0.3) is 0 Å². The van der Waals surface area contributed by atoms with Crippen LogP contribution < -0.4 is 34.7 Å². The van der Waals surface area contributed by atoms with Gasteiger partial charge in [0.1, 0.15) is 0 Å². The Morgan fingerprint density at radius 3 is 2.26 bits per heavy atom. The first-order valence-electron chi connectivity index (χ1n) is 6.19. The van der Waals surface area contributed by atoms with Crippen LogP contribution in [0.5, 0.6) is 0 Å². The summed E-state index contributed by atoms with van der Waals surface area (Å²) in [5.74, 6) is -2.57. The monoisotopic (exact) mass is 336 g/mol. The molecule has 1 aromatic carbocycles. The van der Waals surface area contributed by atoms with E-state index in [2.05, 4.69) is 4.74 Å². The summed E-state index contributed by atoms with van der Waals surface area (Å²) < 4.78 is 41.5. The molecule has 0 spiro atoms.